The highest BCUT2D eigenvalue weighted by molar-refractivity contribution is 5.98. The Morgan fingerprint density at radius 3 is 2.17 bits per heavy atom. The van der Waals surface area contributed by atoms with Gasteiger partial charge in [0.15, 0.2) is 6.04 Å². The summed E-state index contributed by atoms with van der Waals surface area (Å²) in [7, 11) is 2.59. The fourth-order valence-corrected chi connectivity index (χ4v) is 4.98. The molecule has 3 aromatic rings. The second kappa shape index (κ2) is 10.3. The van der Waals surface area contributed by atoms with Crippen molar-refractivity contribution < 1.29 is 23.8 Å². The van der Waals surface area contributed by atoms with Crippen LogP contribution in [0.25, 0.3) is 22.5 Å². The quantitative estimate of drug-likeness (QED) is 0.507. The van der Waals surface area contributed by atoms with Crippen molar-refractivity contribution in [1.29, 1.82) is 0 Å². The van der Waals surface area contributed by atoms with Crippen LogP contribution in [0, 0.1) is 0 Å². The first-order valence-electron chi connectivity index (χ1n) is 12.2. The molecule has 1 aliphatic carbocycles. The first kappa shape index (κ1) is 23.7. The molecule has 0 bridgehead atoms. The third-order valence-corrected chi connectivity index (χ3v) is 6.71. The summed E-state index contributed by atoms with van der Waals surface area (Å²) in [5, 5.41) is 3.38. The molecule has 8 heteroatoms. The Morgan fingerprint density at radius 2 is 1.56 bits per heavy atom. The number of fused-ring (bicyclic) bond motifs is 1. The summed E-state index contributed by atoms with van der Waals surface area (Å²) in [6.45, 7) is 0. The van der Waals surface area contributed by atoms with E-state index in [2.05, 4.69) is 5.32 Å². The minimum Gasteiger partial charge on any atom is -0.467 e. The molecule has 1 unspecified atom stereocenters. The van der Waals surface area contributed by atoms with Gasteiger partial charge in [-0.15, -0.1) is 0 Å². The predicted octanol–water partition coefficient (Wildman–Crippen LogP) is 4.63. The Bertz CT molecular complexity index is 1280. The zero-order valence-corrected chi connectivity index (χ0v) is 20.4. The SMILES string of the molecule is COC(=O)C1=C(NC2CCCCC2)Oc2nc(-c3ccccc3)c(-c3ccccc3)n2C1C(=O)OC. The topological polar surface area (TPSA) is 91.7 Å². The molecule has 1 aliphatic heterocycles. The molecule has 2 aliphatic rings. The third-order valence-electron chi connectivity index (χ3n) is 6.71. The van der Waals surface area contributed by atoms with Crippen molar-refractivity contribution >= 4 is 11.9 Å². The van der Waals surface area contributed by atoms with Crippen molar-refractivity contribution in [2.45, 2.75) is 44.2 Å². The average Bonchev–Trinajstić information content (AvgIpc) is 3.32. The van der Waals surface area contributed by atoms with Crippen LogP contribution in [0.5, 0.6) is 6.01 Å². The van der Waals surface area contributed by atoms with Crippen LogP contribution in [0.1, 0.15) is 38.1 Å². The maximum atomic E-state index is 13.3. The lowest BCUT2D eigenvalue weighted by atomic mass is 9.95. The van der Waals surface area contributed by atoms with Crippen molar-refractivity contribution in [1.82, 2.24) is 14.9 Å². The second-order valence-corrected chi connectivity index (χ2v) is 8.94. The van der Waals surface area contributed by atoms with Gasteiger partial charge in [0.1, 0.15) is 11.3 Å². The van der Waals surface area contributed by atoms with E-state index in [-0.39, 0.29) is 23.5 Å². The third kappa shape index (κ3) is 4.34. The summed E-state index contributed by atoms with van der Waals surface area (Å²) < 4.78 is 18.2. The number of rotatable bonds is 6. The van der Waals surface area contributed by atoms with E-state index in [4.69, 9.17) is 19.2 Å². The smallest absolute Gasteiger partial charge is 0.341 e. The number of hydrogen-bond donors (Lipinski definition) is 1. The van der Waals surface area contributed by atoms with Gasteiger partial charge in [-0.25, -0.2) is 9.59 Å². The number of benzene rings is 2. The summed E-state index contributed by atoms with van der Waals surface area (Å²) in [6.07, 6.45) is 5.25. The molecule has 0 amide bonds. The molecule has 1 fully saturated rings. The molecule has 0 saturated heterocycles. The molecule has 1 N–H and O–H groups in total. The van der Waals surface area contributed by atoms with Gasteiger partial charge in [0, 0.05) is 17.2 Å². The lowest BCUT2D eigenvalue weighted by molar-refractivity contribution is -0.147. The van der Waals surface area contributed by atoms with Crippen LogP contribution in [0.15, 0.2) is 72.1 Å². The van der Waals surface area contributed by atoms with Gasteiger partial charge in [0.2, 0.25) is 5.88 Å². The largest absolute Gasteiger partial charge is 0.467 e. The lowest BCUT2D eigenvalue weighted by Crippen LogP contribution is -2.40. The lowest BCUT2D eigenvalue weighted by Gasteiger charge is -2.31. The van der Waals surface area contributed by atoms with Crippen LogP contribution >= 0.6 is 0 Å². The predicted molar refractivity (Wildman–Crippen MR) is 134 cm³/mol. The number of aromatic nitrogens is 2. The Labute approximate surface area is 209 Å². The molecule has 1 saturated carbocycles. The fraction of sp³-hybridized carbons (Fsp3) is 0.321. The zero-order valence-electron chi connectivity index (χ0n) is 20.4. The molecule has 8 nitrogen and oxygen atoms in total. The molecular formula is C28H29N3O5. The van der Waals surface area contributed by atoms with E-state index in [9.17, 15) is 9.59 Å². The zero-order chi connectivity index (χ0) is 25.1. The van der Waals surface area contributed by atoms with Gasteiger partial charge in [-0.2, -0.15) is 4.98 Å². The summed E-state index contributed by atoms with van der Waals surface area (Å²) in [5.41, 5.74) is 3.02. The fourth-order valence-electron chi connectivity index (χ4n) is 4.98. The summed E-state index contributed by atoms with van der Waals surface area (Å²) in [4.78, 5) is 31.3. The van der Waals surface area contributed by atoms with Crippen molar-refractivity contribution in [2.24, 2.45) is 0 Å². The molecule has 1 aromatic heterocycles. The maximum absolute atomic E-state index is 13.3. The van der Waals surface area contributed by atoms with E-state index in [0.29, 0.717) is 11.4 Å². The van der Waals surface area contributed by atoms with Gasteiger partial charge in [-0.3, -0.25) is 4.57 Å². The van der Waals surface area contributed by atoms with Gasteiger partial charge in [0.05, 0.1) is 19.9 Å². The highest BCUT2D eigenvalue weighted by atomic mass is 16.5. The second-order valence-electron chi connectivity index (χ2n) is 8.94. The van der Waals surface area contributed by atoms with Gasteiger partial charge in [-0.1, -0.05) is 79.9 Å². The van der Waals surface area contributed by atoms with E-state index in [1.165, 1.54) is 20.6 Å². The summed E-state index contributed by atoms with van der Waals surface area (Å²) >= 11 is 0. The van der Waals surface area contributed by atoms with E-state index in [1.807, 2.05) is 60.7 Å². The first-order valence-corrected chi connectivity index (χ1v) is 12.2. The van der Waals surface area contributed by atoms with Gasteiger partial charge >= 0.3 is 17.9 Å². The molecule has 1 atom stereocenters. The van der Waals surface area contributed by atoms with Gasteiger partial charge in [0.25, 0.3) is 0 Å². The summed E-state index contributed by atoms with van der Waals surface area (Å²) in [6, 6.07) is 18.5. The number of hydrogen-bond acceptors (Lipinski definition) is 7. The molecule has 0 radical (unpaired) electrons. The van der Waals surface area contributed by atoms with Gasteiger partial charge in [-0.05, 0) is 12.8 Å². The molecule has 36 heavy (non-hydrogen) atoms. The molecule has 2 aromatic carbocycles. The number of methoxy groups -OCH3 is 2. The number of nitrogens with zero attached hydrogens (tertiary/aromatic N) is 2. The molecular weight excluding hydrogens is 458 g/mol. The number of carbonyl (C=O) groups is 2. The Kier molecular flexibility index (Phi) is 6.75. The van der Waals surface area contributed by atoms with Crippen LogP contribution in [-0.4, -0.2) is 41.8 Å². The maximum Gasteiger partial charge on any atom is 0.341 e. The minimum atomic E-state index is -1.14. The molecule has 2 heterocycles. The number of nitrogens with one attached hydrogen (secondary N) is 1. The Balaban J connectivity index is 1.73. The van der Waals surface area contributed by atoms with E-state index >= 15 is 0 Å². The molecule has 186 valence electrons. The van der Waals surface area contributed by atoms with E-state index in [1.54, 1.807) is 4.57 Å². The Morgan fingerprint density at radius 1 is 0.917 bits per heavy atom. The minimum absolute atomic E-state index is 0.0663. The van der Waals surface area contributed by atoms with E-state index < -0.39 is 18.0 Å². The monoisotopic (exact) mass is 487 g/mol. The van der Waals surface area contributed by atoms with Crippen molar-refractivity contribution in [3.8, 4) is 28.5 Å². The van der Waals surface area contributed by atoms with Crippen LogP contribution in [0.4, 0.5) is 0 Å². The van der Waals surface area contributed by atoms with Crippen molar-refractivity contribution in [2.75, 3.05) is 14.2 Å². The summed E-state index contributed by atoms with van der Waals surface area (Å²) in [5.74, 6) is -1.08. The van der Waals surface area contributed by atoms with Crippen LogP contribution < -0.4 is 10.1 Å². The van der Waals surface area contributed by atoms with Crippen LogP contribution in [-0.2, 0) is 19.1 Å². The van der Waals surface area contributed by atoms with Crippen molar-refractivity contribution in [3.63, 3.8) is 0 Å². The normalized spacial score (nSPS) is 17.7. The van der Waals surface area contributed by atoms with Crippen LogP contribution in [0.2, 0.25) is 0 Å². The van der Waals surface area contributed by atoms with E-state index in [0.717, 1.165) is 36.8 Å². The number of esters is 2. The number of ether oxygens (including phenoxy) is 3. The molecule has 5 rings (SSSR count). The highest BCUT2D eigenvalue weighted by Gasteiger charge is 2.44. The number of imidazole rings is 1. The average molecular weight is 488 g/mol. The van der Waals surface area contributed by atoms with Crippen molar-refractivity contribution in [3.05, 3.63) is 72.1 Å². The first-order chi connectivity index (χ1) is 17.6. The standard InChI is InChI=1S/C28H29N3O5/c1-34-26(32)21-24(27(33)35-2)31-23(19-14-8-4-9-15-19)22(18-12-6-3-7-13-18)30-28(31)36-25(21)29-20-16-10-5-11-17-20/h3-4,6-9,12-15,20,24,29H,5,10-11,16-17H2,1-2H3. The van der Waals surface area contributed by atoms with Gasteiger partial charge < -0.3 is 19.5 Å². The van der Waals surface area contributed by atoms with Crippen LogP contribution in [0.3, 0.4) is 0 Å². The Hall–Kier alpha value is -4.07. The molecule has 0 spiro atoms. The number of carbonyl (C=O) groups excluding carboxylic acids is 2. The highest BCUT2D eigenvalue weighted by Crippen LogP contribution is 2.43.